The van der Waals surface area contributed by atoms with Gasteiger partial charge in [-0.05, 0) is 41.3 Å². The molecule has 0 spiro atoms. The predicted molar refractivity (Wildman–Crippen MR) is 101 cm³/mol. The van der Waals surface area contributed by atoms with Gasteiger partial charge in [-0.1, -0.05) is 41.9 Å². The molecule has 26 heavy (non-hydrogen) atoms. The normalized spacial score (nSPS) is 10.3. The van der Waals surface area contributed by atoms with Gasteiger partial charge in [-0.15, -0.1) is 11.3 Å². The van der Waals surface area contributed by atoms with Crippen molar-refractivity contribution in [3.8, 4) is 5.75 Å². The fourth-order valence-corrected chi connectivity index (χ4v) is 3.00. The summed E-state index contributed by atoms with van der Waals surface area (Å²) in [5.74, 6) is -0.425. The predicted octanol–water partition coefficient (Wildman–Crippen LogP) is 5.02. The van der Waals surface area contributed by atoms with E-state index in [0.29, 0.717) is 15.6 Å². The molecule has 0 bridgehead atoms. The number of rotatable bonds is 7. The van der Waals surface area contributed by atoms with E-state index < -0.39 is 5.97 Å². The maximum Gasteiger partial charge on any atom is 0.342 e. The number of hydrogen-bond acceptors (Lipinski definition) is 5. The number of thiophene rings is 1. The van der Waals surface area contributed by atoms with E-state index in [9.17, 15) is 9.59 Å². The standard InChI is InChI=1S/C20H15ClO4S/c21-15-9-7-14(8-10-15)12-24-18-5-2-1-4-16(18)20(23)25-13-17(22)19-6-3-11-26-19/h1-11H,12-13H2. The quantitative estimate of drug-likeness (QED) is 0.422. The summed E-state index contributed by atoms with van der Waals surface area (Å²) < 4.78 is 10.9. The molecule has 4 nitrogen and oxygen atoms in total. The van der Waals surface area contributed by atoms with Gasteiger partial charge in [0.15, 0.2) is 6.61 Å². The third kappa shape index (κ3) is 4.71. The summed E-state index contributed by atoms with van der Waals surface area (Å²) in [6, 6.07) is 17.5. The molecule has 0 fully saturated rings. The van der Waals surface area contributed by atoms with Gasteiger partial charge in [0.1, 0.15) is 17.9 Å². The van der Waals surface area contributed by atoms with Gasteiger partial charge in [-0.25, -0.2) is 4.79 Å². The van der Waals surface area contributed by atoms with Crippen molar-refractivity contribution in [3.63, 3.8) is 0 Å². The summed E-state index contributed by atoms with van der Waals surface area (Å²) in [7, 11) is 0. The third-order valence-electron chi connectivity index (χ3n) is 3.54. The molecule has 0 radical (unpaired) electrons. The minimum Gasteiger partial charge on any atom is -0.488 e. The molecule has 0 aliphatic rings. The van der Waals surface area contributed by atoms with E-state index in [0.717, 1.165) is 5.56 Å². The topological polar surface area (TPSA) is 52.6 Å². The van der Waals surface area contributed by atoms with Crippen molar-refractivity contribution in [1.29, 1.82) is 0 Å². The molecule has 0 aliphatic carbocycles. The van der Waals surface area contributed by atoms with E-state index in [1.54, 1.807) is 53.9 Å². The van der Waals surface area contributed by atoms with Crippen molar-refractivity contribution in [2.75, 3.05) is 6.61 Å². The summed E-state index contributed by atoms with van der Waals surface area (Å²) in [5.41, 5.74) is 1.20. The number of halogens is 1. The number of carbonyl (C=O) groups excluding carboxylic acids is 2. The number of ether oxygens (including phenoxy) is 2. The van der Waals surface area contributed by atoms with Crippen molar-refractivity contribution < 1.29 is 19.1 Å². The lowest BCUT2D eigenvalue weighted by molar-refractivity contribution is 0.0471. The Bertz CT molecular complexity index is 888. The molecule has 6 heteroatoms. The Labute approximate surface area is 159 Å². The number of Topliss-reactive ketones (excluding diaryl/α,β-unsaturated/α-hetero) is 1. The number of carbonyl (C=O) groups is 2. The zero-order valence-corrected chi connectivity index (χ0v) is 15.3. The molecule has 0 atom stereocenters. The Morgan fingerprint density at radius 3 is 2.46 bits per heavy atom. The second-order valence-corrected chi connectivity index (χ2v) is 6.77. The van der Waals surface area contributed by atoms with Crippen molar-refractivity contribution in [2.24, 2.45) is 0 Å². The first-order valence-electron chi connectivity index (χ1n) is 7.83. The lowest BCUT2D eigenvalue weighted by Crippen LogP contribution is -2.14. The van der Waals surface area contributed by atoms with Gasteiger partial charge in [0.25, 0.3) is 0 Å². The van der Waals surface area contributed by atoms with Crippen molar-refractivity contribution in [1.82, 2.24) is 0 Å². The highest BCUT2D eigenvalue weighted by molar-refractivity contribution is 7.12. The Balaban J connectivity index is 1.63. The molecule has 0 amide bonds. The summed E-state index contributed by atoms with van der Waals surface area (Å²) >= 11 is 7.18. The maximum absolute atomic E-state index is 12.3. The van der Waals surface area contributed by atoms with Gasteiger partial charge in [0.05, 0.1) is 4.88 Å². The number of hydrogen-bond donors (Lipinski definition) is 0. The number of benzene rings is 2. The Kier molecular flexibility index (Phi) is 6.04. The van der Waals surface area contributed by atoms with Crippen LogP contribution in [0.3, 0.4) is 0 Å². The van der Waals surface area contributed by atoms with Gasteiger partial charge in [-0.2, -0.15) is 0 Å². The molecular weight excluding hydrogens is 372 g/mol. The molecule has 1 aromatic heterocycles. The van der Waals surface area contributed by atoms with E-state index in [1.807, 2.05) is 12.1 Å². The lowest BCUT2D eigenvalue weighted by Gasteiger charge is -2.11. The zero-order valence-electron chi connectivity index (χ0n) is 13.7. The minimum absolute atomic E-state index is 0.229. The first-order chi connectivity index (χ1) is 12.6. The molecule has 132 valence electrons. The first kappa shape index (κ1) is 18.2. The van der Waals surface area contributed by atoms with Crippen molar-refractivity contribution in [2.45, 2.75) is 6.61 Å². The molecule has 0 saturated carbocycles. The fourth-order valence-electron chi connectivity index (χ4n) is 2.22. The molecular formula is C20H15ClO4S. The summed E-state index contributed by atoms with van der Waals surface area (Å²) in [4.78, 5) is 24.8. The van der Waals surface area contributed by atoms with Gasteiger partial charge in [-0.3, -0.25) is 4.79 Å². The highest BCUT2D eigenvalue weighted by atomic mass is 35.5. The van der Waals surface area contributed by atoms with Gasteiger partial charge < -0.3 is 9.47 Å². The fraction of sp³-hybridized carbons (Fsp3) is 0.100. The summed E-state index contributed by atoms with van der Waals surface area (Å²) in [6.07, 6.45) is 0. The largest absolute Gasteiger partial charge is 0.488 e. The number of ketones is 1. The van der Waals surface area contributed by atoms with E-state index in [4.69, 9.17) is 21.1 Å². The van der Waals surface area contributed by atoms with E-state index in [-0.39, 0.29) is 24.6 Å². The third-order valence-corrected chi connectivity index (χ3v) is 4.71. The summed E-state index contributed by atoms with van der Waals surface area (Å²) in [6.45, 7) is -0.0134. The molecule has 0 saturated heterocycles. The van der Waals surface area contributed by atoms with Crippen LogP contribution in [0.1, 0.15) is 25.6 Å². The Morgan fingerprint density at radius 1 is 0.962 bits per heavy atom. The Morgan fingerprint density at radius 2 is 1.73 bits per heavy atom. The SMILES string of the molecule is O=C(COC(=O)c1ccccc1OCc1ccc(Cl)cc1)c1cccs1. The van der Waals surface area contributed by atoms with Crippen LogP contribution in [0.2, 0.25) is 5.02 Å². The monoisotopic (exact) mass is 386 g/mol. The molecule has 0 unspecified atom stereocenters. The average molecular weight is 387 g/mol. The van der Waals surface area contributed by atoms with E-state index in [2.05, 4.69) is 0 Å². The molecule has 3 rings (SSSR count). The van der Waals surface area contributed by atoms with E-state index in [1.165, 1.54) is 11.3 Å². The maximum atomic E-state index is 12.3. The molecule has 0 aliphatic heterocycles. The molecule has 0 N–H and O–H groups in total. The molecule has 3 aromatic rings. The van der Waals surface area contributed by atoms with Crippen LogP contribution in [0.5, 0.6) is 5.75 Å². The second kappa shape index (κ2) is 8.65. The smallest absolute Gasteiger partial charge is 0.342 e. The zero-order chi connectivity index (χ0) is 18.4. The van der Waals surface area contributed by atoms with Crippen LogP contribution in [0, 0.1) is 0 Å². The van der Waals surface area contributed by atoms with Crippen LogP contribution in [0.4, 0.5) is 0 Å². The van der Waals surface area contributed by atoms with Gasteiger partial charge in [0.2, 0.25) is 5.78 Å². The average Bonchev–Trinajstić information content (AvgIpc) is 3.20. The Hall–Kier alpha value is -2.63. The van der Waals surface area contributed by atoms with Gasteiger partial charge >= 0.3 is 5.97 Å². The highest BCUT2D eigenvalue weighted by Crippen LogP contribution is 2.21. The lowest BCUT2D eigenvalue weighted by atomic mass is 10.2. The number of esters is 1. The van der Waals surface area contributed by atoms with E-state index >= 15 is 0 Å². The van der Waals surface area contributed by atoms with Crippen LogP contribution in [0.15, 0.2) is 66.0 Å². The van der Waals surface area contributed by atoms with Crippen molar-refractivity contribution in [3.05, 3.63) is 87.1 Å². The molecule has 2 aromatic carbocycles. The van der Waals surface area contributed by atoms with Crippen molar-refractivity contribution >= 4 is 34.7 Å². The highest BCUT2D eigenvalue weighted by Gasteiger charge is 2.16. The summed E-state index contributed by atoms with van der Waals surface area (Å²) in [5, 5.41) is 2.45. The van der Waals surface area contributed by atoms with Crippen LogP contribution in [-0.2, 0) is 11.3 Å². The first-order valence-corrected chi connectivity index (χ1v) is 9.09. The van der Waals surface area contributed by atoms with Crippen LogP contribution >= 0.6 is 22.9 Å². The van der Waals surface area contributed by atoms with Crippen LogP contribution in [0.25, 0.3) is 0 Å². The minimum atomic E-state index is -0.596. The molecule has 1 heterocycles. The second-order valence-electron chi connectivity index (χ2n) is 5.39. The van der Waals surface area contributed by atoms with Gasteiger partial charge in [0, 0.05) is 5.02 Å². The van der Waals surface area contributed by atoms with Crippen LogP contribution in [-0.4, -0.2) is 18.4 Å². The van der Waals surface area contributed by atoms with Crippen LogP contribution < -0.4 is 4.74 Å². The number of para-hydroxylation sites is 1.